The molecule has 1 unspecified atom stereocenters. The van der Waals surface area contributed by atoms with E-state index in [1.807, 2.05) is 6.07 Å². The molecule has 0 amide bonds. The second-order valence-corrected chi connectivity index (χ2v) is 6.90. The first-order valence-electron chi connectivity index (χ1n) is 6.49. The summed E-state index contributed by atoms with van der Waals surface area (Å²) in [5, 5.41) is 0.575. The number of hydrogen-bond acceptors (Lipinski definition) is 3. The molecule has 112 valence electrons. The maximum atomic E-state index is 12.3. The highest BCUT2D eigenvalue weighted by atomic mass is 35.5. The second kappa shape index (κ2) is 6.58. The van der Waals surface area contributed by atoms with Crippen molar-refractivity contribution >= 4 is 21.6 Å². The number of nitrogens with one attached hydrogen (secondary N) is 1. The Morgan fingerprint density at radius 1 is 1.19 bits per heavy atom. The van der Waals surface area contributed by atoms with Gasteiger partial charge in [-0.15, -0.1) is 0 Å². The SMILES string of the molecule is CC(NS(=O)(=O)c1ccc(CN)cc1)c1cccc(Cl)c1. The van der Waals surface area contributed by atoms with Crippen LogP contribution >= 0.6 is 11.6 Å². The fraction of sp³-hybridized carbons (Fsp3) is 0.200. The van der Waals surface area contributed by atoms with Gasteiger partial charge < -0.3 is 5.73 Å². The van der Waals surface area contributed by atoms with E-state index in [-0.39, 0.29) is 10.9 Å². The van der Waals surface area contributed by atoms with Crippen molar-refractivity contribution in [1.29, 1.82) is 0 Å². The zero-order chi connectivity index (χ0) is 15.5. The highest BCUT2D eigenvalue weighted by molar-refractivity contribution is 7.89. The van der Waals surface area contributed by atoms with E-state index >= 15 is 0 Å². The van der Waals surface area contributed by atoms with E-state index in [9.17, 15) is 8.42 Å². The molecule has 1 atom stereocenters. The molecule has 0 saturated heterocycles. The minimum atomic E-state index is -3.58. The van der Waals surface area contributed by atoms with Gasteiger partial charge in [0.25, 0.3) is 0 Å². The van der Waals surface area contributed by atoms with Gasteiger partial charge in [0.15, 0.2) is 0 Å². The quantitative estimate of drug-likeness (QED) is 0.888. The first kappa shape index (κ1) is 16.0. The second-order valence-electron chi connectivity index (χ2n) is 4.75. The van der Waals surface area contributed by atoms with E-state index in [0.29, 0.717) is 11.6 Å². The predicted molar refractivity (Wildman–Crippen MR) is 84.5 cm³/mol. The molecule has 0 fully saturated rings. The van der Waals surface area contributed by atoms with E-state index in [1.54, 1.807) is 49.4 Å². The van der Waals surface area contributed by atoms with Crippen LogP contribution in [0.15, 0.2) is 53.4 Å². The zero-order valence-electron chi connectivity index (χ0n) is 11.6. The van der Waals surface area contributed by atoms with Gasteiger partial charge >= 0.3 is 0 Å². The number of benzene rings is 2. The Morgan fingerprint density at radius 2 is 1.86 bits per heavy atom. The standard InChI is InChI=1S/C15H17ClN2O2S/c1-11(13-3-2-4-14(16)9-13)18-21(19,20)15-7-5-12(10-17)6-8-15/h2-9,11,18H,10,17H2,1H3. The Kier molecular flexibility index (Phi) is 5.00. The Hall–Kier alpha value is -1.40. The molecule has 0 heterocycles. The molecule has 0 radical (unpaired) electrons. The fourth-order valence-corrected chi connectivity index (χ4v) is 3.38. The van der Waals surface area contributed by atoms with Crippen LogP contribution in [-0.2, 0) is 16.6 Å². The molecule has 21 heavy (non-hydrogen) atoms. The molecule has 4 nitrogen and oxygen atoms in total. The number of nitrogens with two attached hydrogens (primary N) is 1. The third kappa shape index (κ3) is 4.04. The molecule has 2 aromatic carbocycles. The van der Waals surface area contributed by atoms with Crippen molar-refractivity contribution in [3.8, 4) is 0 Å². The Balaban J connectivity index is 2.20. The fourth-order valence-electron chi connectivity index (χ4n) is 1.95. The van der Waals surface area contributed by atoms with Crippen LogP contribution < -0.4 is 10.5 Å². The molecule has 0 aliphatic carbocycles. The number of sulfonamides is 1. The van der Waals surface area contributed by atoms with Gasteiger partial charge in [-0.05, 0) is 42.3 Å². The minimum Gasteiger partial charge on any atom is -0.326 e. The highest BCUT2D eigenvalue weighted by Crippen LogP contribution is 2.20. The van der Waals surface area contributed by atoms with Crippen LogP contribution in [0.2, 0.25) is 5.02 Å². The van der Waals surface area contributed by atoms with Gasteiger partial charge in [-0.1, -0.05) is 35.9 Å². The molecule has 3 N–H and O–H groups in total. The number of hydrogen-bond donors (Lipinski definition) is 2. The van der Waals surface area contributed by atoms with E-state index in [0.717, 1.165) is 11.1 Å². The van der Waals surface area contributed by atoms with Crippen LogP contribution in [0.1, 0.15) is 24.1 Å². The van der Waals surface area contributed by atoms with Crippen LogP contribution in [0.5, 0.6) is 0 Å². The van der Waals surface area contributed by atoms with Crippen molar-refractivity contribution in [2.75, 3.05) is 0 Å². The summed E-state index contributed by atoms with van der Waals surface area (Å²) in [4.78, 5) is 0.216. The van der Waals surface area contributed by atoms with Crippen LogP contribution in [0.3, 0.4) is 0 Å². The normalized spacial score (nSPS) is 13.1. The average Bonchev–Trinajstić information content (AvgIpc) is 2.47. The topological polar surface area (TPSA) is 72.2 Å². The molecule has 6 heteroatoms. The van der Waals surface area contributed by atoms with Gasteiger partial charge in [0.1, 0.15) is 0 Å². The van der Waals surface area contributed by atoms with E-state index < -0.39 is 10.0 Å². The molecule has 2 rings (SSSR count). The van der Waals surface area contributed by atoms with E-state index in [4.69, 9.17) is 17.3 Å². The lowest BCUT2D eigenvalue weighted by molar-refractivity contribution is 0.567. The van der Waals surface area contributed by atoms with Crippen LogP contribution in [0.25, 0.3) is 0 Å². The first-order valence-corrected chi connectivity index (χ1v) is 8.35. The highest BCUT2D eigenvalue weighted by Gasteiger charge is 2.18. The number of rotatable bonds is 5. The summed E-state index contributed by atoms with van der Waals surface area (Å²) in [7, 11) is -3.58. The molecule has 0 aliphatic heterocycles. The summed E-state index contributed by atoms with van der Waals surface area (Å²) in [6.45, 7) is 2.16. The Labute approximate surface area is 130 Å². The molecular formula is C15H17ClN2O2S. The molecule has 0 aromatic heterocycles. The van der Waals surface area contributed by atoms with Crippen LogP contribution in [0, 0.1) is 0 Å². The van der Waals surface area contributed by atoms with Gasteiger partial charge in [-0.3, -0.25) is 0 Å². The van der Waals surface area contributed by atoms with E-state index in [1.165, 1.54) is 0 Å². The monoisotopic (exact) mass is 324 g/mol. The van der Waals surface area contributed by atoms with Gasteiger partial charge in [0, 0.05) is 17.6 Å². The van der Waals surface area contributed by atoms with Crippen molar-refractivity contribution in [2.24, 2.45) is 5.73 Å². The summed E-state index contributed by atoms with van der Waals surface area (Å²) in [6.07, 6.45) is 0. The lowest BCUT2D eigenvalue weighted by Gasteiger charge is -2.15. The van der Waals surface area contributed by atoms with Crippen molar-refractivity contribution in [1.82, 2.24) is 4.72 Å². The van der Waals surface area contributed by atoms with Gasteiger partial charge in [0.2, 0.25) is 10.0 Å². The van der Waals surface area contributed by atoms with Gasteiger partial charge in [-0.25, -0.2) is 13.1 Å². The Bertz CT molecular complexity index is 715. The molecule has 0 spiro atoms. The third-order valence-corrected chi connectivity index (χ3v) is 4.94. The predicted octanol–water partition coefficient (Wildman–Crippen LogP) is 2.84. The summed E-state index contributed by atoms with van der Waals surface area (Å²) in [5.41, 5.74) is 7.20. The molecule has 0 saturated carbocycles. The molecule has 0 bridgehead atoms. The summed E-state index contributed by atoms with van der Waals surface area (Å²) < 4.78 is 27.3. The molecule has 0 aliphatic rings. The van der Waals surface area contributed by atoms with Crippen molar-refractivity contribution < 1.29 is 8.42 Å². The van der Waals surface area contributed by atoms with Gasteiger partial charge in [0.05, 0.1) is 4.90 Å². The zero-order valence-corrected chi connectivity index (χ0v) is 13.2. The lowest BCUT2D eigenvalue weighted by atomic mass is 10.1. The van der Waals surface area contributed by atoms with Crippen molar-refractivity contribution in [2.45, 2.75) is 24.4 Å². The minimum absolute atomic E-state index is 0.216. The number of halogens is 1. The summed E-state index contributed by atoms with van der Waals surface area (Å²) in [5.74, 6) is 0. The van der Waals surface area contributed by atoms with Crippen LogP contribution in [0.4, 0.5) is 0 Å². The third-order valence-electron chi connectivity index (χ3n) is 3.15. The van der Waals surface area contributed by atoms with E-state index in [2.05, 4.69) is 4.72 Å². The largest absolute Gasteiger partial charge is 0.326 e. The van der Waals surface area contributed by atoms with Gasteiger partial charge in [-0.2, -0.15) is 0 Å². The smallest absolute Gasteiger partial charge is 0.241 e. The summed E-state index contributed by atoms with van der Waals surface area (Å²) >= 11 is 5.92. The molecule has 2 aromatic rings. The average molecular weight is 325 g/mol. The summed E-state index contributed by atoms with van der Waals surface area (Å²) in [6, 6.07) is 13.3. The maximum absolute atomic E-state index is 12.3. The van der Waals surface area contributed by atoms with Crippen molar-refractivity contribution in [3.63, 3.8) is 0 Å². The first-order chi connectivity index (χ1) is 9.92. The molecular weight excluding hydrogens is 308 g/mol. The van der Waals surface area contributed by atoms with Crippen LogP contribution in [-0.4, -0.2) is 8.42 Å². The Morgan fingerprint density at radius 3 is 2.43 bits per heavy atom. The maximum Gasteiger partial charge on any atom is 0.241 e. The lowest BCUT2D eigenvalue weighted by Crippen LogP contribution is -2.26. The van der Waals surface area contributed by atoms with Crippen molar-refractivity contribution in [3.05, 3.63) is 64.7 Å².